The Hall–Kier alpha value is -2.62. The maximum Gasteiger partial charge on any atom is 0.433 e. The van der Waals surface area contributed by atoms with Crippen LogP contribution < -0.4 is 4.90 Å². The van der Waals surface area contributed by atoms with Crippen LogP contribution in [0.5, 0.6) is 0 Å². The second kappa shape index (κ2) is 7.32. The quantitative estimate of drug-likeness (QED) is 0.770. The molecular formula is C16H17F3N4O3. The molecule has 0 radical (unpaired) electrons. The van der Waals surface area contributed by atoms with E-state index in [4.69, 9.17) is 9.47 Å². The molecule has 0 atom stereocenters. The lowest BCUT2D eigenvalue weighted by Gasteiger charge is -2.27. The maximum absolute atomic E-state index is 12.7. The SMILES string of the molecule is CCOC(=O)c1cn(-c2ccc(C(F)(F)F)nc2)nc1N1CCOCC1. The Bertz CT molecular complexity index is 768. The van der Waals surface area contributed by atoms with Crippen molar-refractivity contribution in [3.05, 3.63) is 35.8 Å². The van der Waals surface area contributed by atoms with Gasteiger partial charge in [0, 0.05) is 19.3 Å². The summed E-state index contributed by atoms with van der Waals surface area (Å²) in [5.74, 6) is -0.133. The molecule has 0 N–H and O–H groups in total. The molecule has 0 unspecified atom stereocenters. The van der Waals surface area contributed by atoms with Crippen molar-refractivity contribution in [1.82, 2.24) is 14.8 Å². The summed E-state index contributed by atoms with van der Waals surface area (Å²) in [5.41, 5.74) is -0.441. The molecule has 0 amide bonds. The second-order valence-electron chi connectivity index (χ2n) is 5.53. The van der Waals surface area contributed by atoms with Gasteiger partial charge in [0.25, 0.3) is 0 Å². The number of halogens is 3. The van der Waals surface area contributed by atoms with E-state index in [1.807, 2.05) is 4.90 Å². The van der Waals surface area contributed by atoms with Crippen molar-refractivity contribution in [1.29, 1.82) is 0 Å². The number of ether oxygens (including phenoxy) is 2. The first kappa shape index (κ1) is 18.2. The van der Waals surface area contributed by atoms with Crippen LogP contribution in [-0.2, 0) is 15.7 Å². The number of hydrogen-bond acceptors (Lipinski definition) is 6. The molecule has 2 aromatic heterocycles. The third kappa shape index (κ3) is 3.79. The molecule has 7 nitrogen and oxygen atoms in total. The lowest BCUT2D eigenvalue weighted by Crippen LogP contribution is -2.37. The molecular weight excluding hydrogens is 353 g/mol. The van der Waals surface area contributed by atoms with E-state index in [0.717, 1.165) is 12.3 Å². The number of aromatic nitrogens is 3. The van der Waals surface area contributed by atoms with Crippen molar-refractivity contribution >= 4 is 11.8 Å². The summed E-state index contributed by atoms with van der Waals surface area (Å²) in [5, 5.41) is 4.36. The largest absolute Gasteiger partial charge is 0.462 e. The summed E-state index contributed by atoms with van der Waals surface area (Å²) in [7, 11) is 0. The molecule has 0 aliphatic carbocycles. The average Bonchev–Trinajstić information content (AvgIpc) is 3.07. The lowest BCUT2D eigenvalue weighted by atomic mass is 10.3. The highest BCUT2D eigenvalue weighted by atomic mass is 19.4. The maximum atomic E-state index is 12.7. The monoisotopic (exact) mass is 370 g/mol. The average molecular weight is 370 g/mol. The van der Waals surface area contributed by atoms with Gasteiger partial charge in [-0.1, -0.05) is 0 Å². The number of carbonyl (C=O) groups excluding carboxylic acids is 1. The van der Waals surface area contributed by atoms with E-state index in [-0.39, 0.29) is 12.2 Å². The number of anilines is 1. The zero-order valence-corrected chi connectivity index (χ0v) is 14.0. The summed E-state index contributed by atoms with van der Waals surface area (Å²) in [4.78, 5) is 17.5. The Labute approximate surface area is 147 Å². The standard InChI is InChI=1S/C16H17F3N4O3/c1-2-26-15(24)12-10-23(21-14(12)22-5-7-25-8-6-22)11-3-4-13(20-9-11)16(17,18)19/h3-4,9-10H,2,5-8H2,1H3. The fraction of sp³-hybridized carbons (Fsp3) is 0.438. The molecule has 1 aliphatic rings. The van der Waals surface area contributed by atoms with Gasteiger partial charge in [-0.15, -0.1) is 5.10 Å². The van der Waals surface area contributed by atoms with Gasteiger partial charge in [0.05, 0.1) is 31.7 Å². The Morgan fingerprint density at radius 1 is 1.31 bits per heavy atom. The van der Waals surface area contributed by atoms with E-state index in [1.54, 1.807) is 6.92 Å². The number of pyridine rings is 1. The van der Waals surface area contributed by atoms with Crippen molar-refractivity contribution in [3.63, 3.8) is 0 Å². The fourth-order valence-corrected chi connectivity index (χ4v) is 2.55. The molecule has 3 heterocycles. The van der Waals surface area contributed by atoms with Gasteiger partial charge in [0.1, 0.15) is 11.3 Å². The zero-order valence-electron chi connectivity index (χ0n) is 14.0. The number of hydrogen-bond donors (Lipinski definition) is 0. The van der Waals surface area contributed by atoms with Crippen molar-refractivity contribution in [3.8, 4) is 5.69 Å². The predicted molar refractivity (Wildman–Crippen MR) is 85.3 cm³/mol. The topological polar surface area (TPSA) is 69.5 Å². The Morgan fingerprint density at radius 3 is 2.62 bits per heavy atom. The molecule has 1 saturated heterocycles. The van der Waals surface area contributed by atoms with Gasteiger partial charge in [-0.3, -0.25) is 0 Å². The summed E-state index contributed by atoms with van der Waals surface area (Å²) in [6.07, 6.45) is -2.02. The van der Waals surface area contributed by atoms with Crippen LogP contribution in [0.25, 0.3) is 5.69 Å². The van der Waals surface area contributed by atoms with Gasteiger partial charge in [-0.25, -0.2) is 14.5 Å². The third-order valence-electron chi connectivity index (χ3n) is 3.80. The van der Waals surface area contributed by atoms with Gasteiger partial charge in [-0.2, -0.15) is 13.2 Å². The first-order valence-electron chi connectivity index (χ1n) is 8.03. The van der Waals surface area contributed by atoms with E-state index >= 15 is 0 Å². The smallest absolute Gasteiger partial charge is 0.433 e. The van der Waals surface area contributed by atoms with Crippen LogP contribution in [0.1, 0.15) is 23.0 Å². The van der Waals surface area contributed by atoms with Crippen LogP contribution in [0.3, 0.4) is 0 Å². The van der Waals surface area contributed by atoms with Crippen LogP contribution in [0.2, 0.25) is 0 Å². The highest BCUT2D eigenvalue weighted by Gasteiger charge is 2.32. The van der Waals surface area contributed by atoms with Gasteiger partial charge in [-0.05, 0) is 19.1 Å². The van der Waals surface area contributed by atoms with Gasteiger partial charge in [0.2, 0.25) is 0 Å². The van der Waals surface area contributed by atoms with Crippen molar-refractivity contribution in [2.24, 2.45) is 0 Å². The first-order chi connectivity index (χ1) is 12.4. The highest BCUT2D eigenvalue weighted by molar-refractivity contribution is 5.94. The van der Waals surface area contributed by atoms with Crippen molar-refractivity contribution in [2.75, 3.05) is 37.8 Å². The summed E-state index contributed by atoms with van der Waals surface area (Å²) in [6, 6.07) is 2.12. The molecule has 140 valence electrons. The van der Waals surface area contributed by atoms with E-state index in [0.29, 0.717) is 37.8 Å². The van der Waals surface area contributed by atoms with Crippen LogP contribution in [-0.4, -0.2) is 53.6 Å². The second-order valence-corrected chi connectivity index (χ2v) is 5.53. The minimum Gasteiger partial charge on any atom is -0.462 e. The summed E-state index contributed by atoms with van der Waals surface area (Å²) >= 11 is 0. The molecule has 0 bridgehead atoms. The molecule has 0 aromatic carbocycles. The first-order valence-corrected chi connectivity index (χ1v) is 8.03. The summed E-state index contributed by atoms with van der Waals surface area (Å²) < 4.78 is 49.7. The van der Waals surface area contributed by atoms with Crippen LogP contribution in [0.15, 0.2) is 24.5 Å². The molecule has 1 fully saturated rings. The van der Waals surface area contributed by atoms with Crippen molar-refractivity contribution in [2.45, 2.75) is 13.1 Å². The number of carbonyl (C=O) groups is 1. The predicted octanol–water partition coefficient (Wildman–Crippen LogP) is 2.30. The highest BCUT2D eigenvalue weighted by Crippen LogP contribution is 2.28. The zero-order chi connectivity index (χ0) is 18.7. The van der Waals surface area contributed by atoms with Crippen LogP contribution in [0, 0.1) is 0 Å². The van der Waals surface area contributed by atoms with E-state index in [9.17, 15) is 18.0 Å². The summed E-state index contributed by atoms with van der Waals surface area (Å²) in [6.45, 7) is 3.99. The Balaban J connectivity index is 1.95. The number of nitrogens with zero attached hydrogens (tertiary/aromatic N) is 4. The number of morpholine rings is 1. The number of alkyl halides is 3. The van der Waals surface area contributed by atoms with Crippen LogP contribution in [0.4, 0.5) is 19.0 Å². The van der Waals surface area contributed by atoms with E-state index < -0.39 is 17.8 Å². The van der Waals surface area contributed by atoms with E-state index in [2.05, 4.69) is 10.1 Å². The van der Waals surface area contributed by atoms with Gasteiger partial charge >= 0.3 is 12.1 Å². The molecule has 26 heavy (non-hydrogen) atoms. The minimum absolute atomic E-state index is 0.203. The lowest BCUT2D eigenvalue weighted by molar-refractivity contribution is -0.141. The molecule has 0 spiro atoms. The molecule has 10 heteroatoms. The number of rotatable bonds is 4. The molecule has 1 aliphatic heterocycles. The molecule has 3 rings (SSSR count). The Kier molecular flexibility index (Phi) is 5.12. The fourth-order valence-electron chi connectivity index (χ4n) is 2.55. The number of esters is 1. The molecule has 2 aromatic rings. The third-order valence-corrected chi connectivity index (χ3v) is 3.80. The molecule has 0 saturated carbocycles. The van der Waals surface area contributed by atoms with Crippen LogP contribution >= 0.6 is 0 Å². The van der Waals surface area contributed by atoms with Gasteiger partial charge in [0.15, 0.2) is 5.82 Å². The Morgan fingerprint density at radius 2 is 2.04 bits per heavy atom. The minimum atomic E-state index is -4.52. The normalized spacial score (nSPS) is 15.2. The van der Waals surface area contributed by atoms with Gasteiger partial charge < -0.3 is 14.4 Å². The van der Waals surface area contributed by atoms with E-state index in [1.165, 1.54) is 16.9 Å². The van der Waals surface area contributed by atoms with Crippen molar-refractivity contribution < 1.29 is 27.4 Å².